The Morgan fingerprint density at radius 1 is 0.885 bits per heavy atom. The number of nitro groups is 1. The van der Waals surface area contributed by atoms with Crippen LogP contribution in [0.25, 0.3) is 17.4 Å². The predicted molar refractivity (Wildman–Crippen MR) is 93.9 cm³/mol. The van der Waals surface area contributed by atoms with Gasteiger partial charge in [-0.25, -0.2) is 0 Å². The van der Waals surface area contributed by atoms with Gasteiger partial charge < -0.3 is 4.42 Å². The van der Waals surface area contributed by atoms with E-state index in [4.69, 9.17) is 4.42 Å². The Hall–Kier alpha value is -3.80. The molecule has 0 saturated heterocycles. The first-order chi connectivity index (χ1) is 12.5. The maximum absolute atomic E-state index is 12.4. The number of furan rings is 1. The zero-order valence-corrected chi connectivity index (χ0v) is 13.3. The lowest BCUT2D eigenvalue weighted by molar-refractivity contribution is -0.384. The van der Waals surface area contributed by atoms with Crippen LogP contribution >= 0.6 is 0 Å². The number of carbonyl (C=O) groups excluding carboxylic acids is 2. The minimum Gasteiger partial charge on any atom is -0.457 e. The van der Waals surface area contributed by atoms with Crippen LogP contribution in [-0.2, 0) is 0 Å². The molecule has 1 heterocycles. The van der Waals surface area contributed by atoms with E-state index in [9.17, 15) is 19.7 Å². The van der Waals surface area contributed by atoms with E-state index >= 15 is 0 Å². The summed E-state index contributed by atoms with van der Waals surface area (Å²) in [7, 11) is 0. The molecule has 0 radical (unpaired) electrons. The van der Waals surface area contributed by atoms with Gasteiger partial charge in [-0.2, -0.15) is 0 Å². The molecule has 0 N–H and O–H groups in total. The molecule has 3 aromatic rings. The molecular weight excluding hydrogens is 334 g/mol. The van der Waals surface area contributed by atoms with Crippen molar-refractivity contribution in [1.29, 1.82) is 0 Å². The molecular formula is C20H11NO5. The van der Waals surface area contributed by atoms with Gasteiger partial charge in [-0.3, -0.25) is 19.7 Å². The lowest BCUT2D eigenvalue weighted by Gasteiger charge is -1.97. The highest BCUT2D eigenvalue weighted by Crippen LogP contribution is 2.30. The molecule has 0 atom stereocenters. The first-order valence-corrected chi connectivity index (χ1v) is 7.79. The molecule has 0 saturated carbocycles. The minimum atomic E-state index is -0.484. The molecule has 0 unspecified atom stereocenters. The van der Waals surface area contributed by atoms with Gasteiger partial charge in [0, 0.05) is 28.8 Å². The third-order valence-electron chi connectivity index (χ3n) is 4.16. The number of benzene rings is 2. The summed E-state index contributed by atoms with van der Waals surface area (Å²) >= 11 is 0. The summed E-state index contributed by atoms with van der Waals surface area (Å²) in [5.41, 5.74) is 1.31. The Balaban J connectivity index is 1.69. The van der Waals surface area contributed by atoms with Crippen LogP contribution in [0.15, 0.2) is 70.7 Å². The maximum atomic E-state index is 12.4. The number of allylic oxidation sites excluding steroid dienone is 1. The van der Waals surface area contributed by atoms with Crippen molar-refractivity contribution >= 4 is 23.3 Å². The smallest absolute Gasteiger partial charge is 0.270 e. The van der Waals surface area contributed by atoms with Gasteiger partial charge in [-0.1, -0.05) is 36.4 Å². The van der Waals surface area contributed by atoms with Crippen LogP contribution < -0.4 is 0 Å². The predicted octanol–water partition coefficient (Wildman–Crippen LogP) is 4.32. The van der Waals surface area contributed by atoms with Crippen LogP contribution in [-0.4, -0.2) is 16.5 Å². The number of nitro benzene ring substituents is 1. The van der Waals surface area contributed by atoms with E-state index in [1.165, 1.54) is 18.2 Å². The van der Waals surface area contributed by atoms with Gasteiger partial charge in [0.2, 0.25) is 0 Å². The van der Waals surface area contributed by atoms with Crippen LogP contribution in [0.4, 0.5) is 5.69 Å². The van der Waals surface area contributed by atoms with Crippen molar-refractivity contribution in [1.82, 2.24) is 0 Å². The molecule has 26 heavy (non-hydrogen) atoms. The third-order valence-corrected chi connectivity index (χ3v) is 4.16. The van der Waals surface area contributed by atoms with E-state index in [1.807, 2.05) is 0 Å². The molecule has 0 bridgehead atoms. The van der Waals surface area contributed by atoms with E-state index in [0.29, 0.717) is 28.2 Å². The molecule has 1 aliphatic rings. The highest BCUT2D eigenvalue weighted by molar-refractivity contribution is 6.41. The minimum absolute atomic E-state index is 0.0459. The van der Waals surface area contributed by atoms with Crippen LogP contribution in [0.3, 0.4) is 0 Å². The molecule has 126 valence electrons. The summed E-state index contributed by atoms with van der Waals surface area (Å²) in [4.78, 5) is 35.2. The van der Waals surface area contributed by atoms with Crippen LogP contribution in [0, 0.1) is 10.1 Å². The summed E-state index contributed by atoms with van der Waals surface area (Å²) in [5, 5.41) is 10.9. The monoisotopic (exact) mass is 345 g/mol. The average Bonchev–Trinajstić information content (AvgIpc) is 3.22. The largest absolute Gasteiger partial charge is 0.457 e. The number of hydrogen-bond acceptors (Lipinski definition) is 5. The van der Waals surface area contributed by atoms with Gasteiger partial charge in [0.15, 0.2) is 11.6 Å². The molecule has 0 fully saturated rings. The van der Waals surface area contributed by atoms with E-state index in [1.54, 1.807) is 48.5 Å². The fraction of sp³-hybridized carbons (Fsp3) is 0. The summed E-state index contributed by atoms with van der Waals surface area (Å²) in [5.74, 6) is 0.0739. The molecule has 2 aromatic carbocycles. The van der Waals surface area contributed by atoms with Crippen molar-refractivity contribution in [3.05, 3.63) is 93.2 Å². The summed E-state index contributed by atoms with van der Waals surface area (Å²) < 4.78 is 5.66. The Bertz CT molecular complexity index is 1070. The number of nitrogens with zero attached hydrogens (tertiary/aromatic N) is 1. The topological polar surface area (TPSA) is 90.4 Å². The second kappa shape index (κ2) is 5.93. The van der Waals surface area contributed by atoms with Crippen LogP contribution in [0.2, 0.25) is 0 Å². The quantitative estimate of drug-likeness (QED) is 0.305. The number of fused-ring (bicyclic) bond motifs is 1. The highest BCUT2D eigenvalue weighted by Gasteiger charge is 2.32. The molecule has 0 amide bonds. The fourth-order valence-corrected chi connectivity index (χ4v) is 2.90. The van der Waals surface area contributed by atoms with Crippen LogP contribution in [0.5, 0.6) is 0 Å². The molecule has 1 aromatic heterocycles. The van der Waals surface area contributed by atoms with Gasteiger partial charge in [0.1, 0.15) is 11.5 Å². The standard InChI is InChI=1S/C20H11NO5/c22-19-15-6-1-2-7-16(15)20(23)17(19)11-14-8-9-18(26-14)12-4-3-5-13(10-12)21(24)25/h1-11H. The van der Waals surface area contributed by atoms with Crippen molar-refractivity contribution in [3.63, 3.8) is 0 Å². The number of non-ortho nitro benzene ring substituents is 1. The van der Waals surface area contributed by atoms with Crippen molar-refractivity contribution in [2.24, 2.45) is 0 Å². The molecule has 0 aliphatic heterocycles. The van der Waals surface area contributed by atoms with E-state index < -0.39 is 4.92 Å². The normalized spacial score (nSPS) is 13.0. The highest BCUT2D eigenvalue weighted by atomic mass is 16.6. The summed E-state index contributed by atoms with van der Waals surface area (Å²) in [6.45, 7) is 0. The Labute approximate surface area is 147 Å². The van der Waals surface area contributed by atoms with Gasteiger partial charge in [0.25, 0.3) is 5.69 Å². The number of carbonyl (C=O) groups is 2. The van der Waals surface area contributed by atoms with Crippen molar-refractivity contribution in [2.45, 2.75) is 0 Å². The summed E-state index contributed by atoms with van der Waals surface area (Å²) in [6, 6.07) is 16.0. The Morgan fingerprint density at radius 3 is 2.23 bits per heavy atom. The maximum Gasteiger partial charge on any atom is 0.270 e. The van der Waals surface area contributed by atoms with Gasteiger partial charge in [-0.05, 0) is 18.2 Å². The first kappa shape index (κ1) is 15.7. The van der Waals surface area contributed by atoms with E-state index in [2.05, 4.69) is 0 Å². The van der Waals surface area contributed by atoms with Crippen molar-refractivity contribution in [3.8, 4) is 11.3 Å². The molecule has 6 heteroatoms. The van der Waals surface area contributed by atoms with Crippen LogP contribution in [0.1, 0.15) is 26.5 Å². The zero-order chi connectivity index (χ0) is 18.3. The van der Waals surface area contributed by atoms with E-state index in [-0.39, 0.29) is 22.8 Å². The zero-order valence-electron chi connectivity index (χ0n) is 13.3. The molecule has 0 spiro atoms. The number of hydrogen-bond donors (Lipinski definition) is 0. The fourth-order valence-electron chi connectivity index (χ4n) is 2.90. The van der Waals surface area contributed by atoms with Gasteiger partial charge >= 0.3 is 0 Å². The lowest BCUT2D eigenvalue weighted by atomic mass is 10.1. The van der Waals surface area contributed by atoms with E-state index in [0.717, 1.165) is 0 Å². The SMILES string of the molecule is O=C1C(=Cc2ccc(-c3cccc([N+](=O)[O-])c3)o2)C(=O)c2ccccc21. The molecule has 4 rings (SSSR count). The van der Waals surface area contributed by atoms with Gasteiger partial charge in [0.05, 0.1) is 10.5 Å². The Kier molecular flexibility index (Phi) is 3.58. The molecule has 1 aliphatic carbocycles. The number of ketones is 2. The molecule has 6 nitrogen and oxygen atoms in total. The second-order valence-electron chi connectivity index (χ2n) is 5.77. The number of rotatable bonds is 3. The first-order valence-electron chi connectivity index (χ1n) is 7.79. The van der Waals surface area contributed by atoms with Crippen molar-refractivity contribution in [2.75, 3.05) is 0 Å². The average molecular weight is 345 g/mol. The number of Topliss-reactive ketones (excluding diaryl/α,β-unsaturated/α-hetero) is 2. The second-order valence-corrected chi connectivity index (χ2v) is 5.77. The van der Waals surface area contributed by atoms with Gasteiger partial charge in [-0.15, -0.1) is 0 Å². The third kappa shape index (κ3) is 2.53. The summed E-state index contributed by atoms with van der Waals surface area (Å²) in [6.07, 6.45) is 1.41. The Morgan fingerprint density at radius 2 is 1.58 bits per heavy atom. The van der Waals surface area contributed by atoms with Crippen molar-refractivity contribution < 1.29 is 18.9 Å². The lowest BCUT2D eigenvalue weighted by Crippen LogP contribution is -1.99.